The molecule has 1 amide bonds. The highest BCUT2D eigenvalue weighted by atomic mass is 32.1. The maximum atomic E-state index is 13.1. The van der Waals surface area contributed by atoms with E-state index in [0.29, 0.717) is 22.7 Å². The van der Waals surface area contributed by atoms with Crippen LogP contribution in [0.4, 0.5) is 5.13 Å². The average molecular weight is 377 g/mol. The number of carbonyl (C=O) groups excluding carboxylic acids is 1. The number of aromatic nitrogens is 4. The number of rotatable bonds is 4. The van der Waals surface area contributed by atoms with Crippen LogP contribution in [0.2, 0.25) is 0 Å². The number of nitrogens with zero attached hydrogens (tertiary/aromatic N) is 4. The molecule has 4 rings (SSSR count). The van der Waals surface area contributed by atoms with Crippen molar-refractivity contribution in [2.45, 2.75) is 13.5 Å². The first-order valence-electron chi connectivity index (χ1n) is 8.26. The minimum Gasteiger partial charge on any atom is -0.296 e. The zero-order valence-electron chi connectivity index (χ0n) is 14.4. The van der Waals surface area contributed by atoms with E-state index < -0.39 is 11.5 Å². The zero-order valence-corrected chi connectivity index (χ0v) is 15.2. The van der Waals surface area contributed by atoms with Crippen LogP contribution < -0.4 is 10.9 Å². The summed E-state index contributed by atoms with van der Waals surface area (Å²) in [5, 5.41) is 12.2. The van der Waals surface area contributed by atoms with Crippen LogP contribution >= 0.6 is 11.3 Å². The molecule has 0 atom stereocenters. The molecule has 0 aliphatic rings. The average Bonchev–Trinajstić information content (AvgIpc) is 3.09. The summed E-state index contributed by atoms with van der Waals surface area (Å²) in [5.41, 5.74) is 1.13. The molecule has 0 unspecified atom stereocenters. The number of anilines is 1. The van der Waals surface area contributed by atoms with Gasteiger partial charge in [-0.15, -0.1) is 10.2 Å². The van der Waals surface area contributed by atoms with E-state index in [-0.39, 0.29) is 5.56 Å². The Morgan fingerprint density at radius 2 is 1.96 bits per heavy atom. The maximum absolute atomic E-state index is 13.1. The second-order valence-electron chi connectivity index (χ2n) is 5.93. The van der Waals surface area contributed by atoms with E-state index in [1.165, 1.54) is 15.9 Å². The lowest BCUT2D eigenvalue weighted by molar-refractivity contribution is 0.102. The van der Waals surface area contributed by atoms with Crippen molar-refractivity contribution in [1.82, 2.24) is 19.7 Å². The Labute approximate surface area is 158 Å². The van der Waals surface area contributed by atoms with Gasteiger partial charge in [0.15, 0.2) is 0 Å². The number of aryl methyl sites for hydroxylation is 1. The topological polar surface area (TPSA) is 89.8 Å². The van der Waals surface area contributed by atoms with Crippen LogP contribution in [-0.2, 0) is 6.54 Å². The van der Waals surface area contributed by atoms with E-state index in [0.717, 1.165) is 10.6 Å². The number of hydrogen-bond acceptors (Lipinski definition) is 6. The molecule has 0 saturated carbocycles. The van der Waals surface area contributed by atoms with Gasteiger partial charge in [-0.1, -0.05) is 41.7 Å². The zero-order chi connectivity index (χ0) is 18.8. The highest BCUT2D eigenvalue weighted by Crippen LogP contribution is 2.16. The monoisotopic (exact) mass is 377 g/mol. The SMILES string of the molecule is Cc1nnc(NC(=O)c2cc3cccnc3n(Cc3ccccc3)c2=O)s1. The molecule has 8 heteroatoms. The molecule has 4 aromatic rings. The van der Waals surface area contributed by atoms with E-state index >= 15 is 0 Å². The summed E-state index contributed by atoms with van der Waals surface area (Å²) >= 11 is 1.25. The number of pyridine rings is 2. The van der Waals surface area contributed by atoms with Crippen LogP contribution in [0.1, 0.15) is 20.9 Å². The van der Waals surface area contributed by atoms with Gasteiger partial charge >= 0.3 is 0 Å². The molecule has 1 N–H and O–H groups in total. The lowest BCUT2D eigenvalue weighted by atomic mass is 10.1. The van der Waals surface area contributed by atoms with Crippen LogP contribution in [0, 0.1) is 6.92 Å². The summed E-state index contributed by atoms with van der Waals surface area (Å²) in [6.45, 7) is 2.12. The van der Waals surface area contributed by atoms with Crippen molar-refractivity contribution in [1.29, 1.82) is 0 Å². The first kappa shape index (κ1) is 17.0. The van der Waals surface area contributed by atoms with Gasteiger partial charge in [0.2, 0.25) is 5.13 Å². The van der Waals surface area contributed by atoms with Gasteiger partial charge in [0.05, 0.1) is 6.54 Å². The standard InChI is InChI=1S/C19H15N5O2S/c1-12-22-23-19(27-12)21-17(25)15-10-14-8-5-9-20-16(14)24(18(15)26)11-13-6-3-2-4-7-13/h2-10H,11H2,1H3,(H,21,23,25). The fourth-order valence-electron chi connectivity index (χ4n) is 2.79. The number of carbonyl (C=O) groups is 1. The molecule has 0 bridgehead atoms. The third-order valence-corrected chi connectivity index (χ3v) is 4.78. The maximum Gasteiger partial charge on any atom is 0.265 e. The minimum atomic E-state index is -0.510. The molecule has 27 heavy (non-hydrogen) atoms. The quantitative estimate of drug-likeness (QED) is 0.591. The lowest BCUT2D eigenvalue weighted by Crippen LogP contribution is -2.30. The van der Waals surface area contributed by atoms with Crippen molar-refractivity contribution in [3.63, 3.8) is 0 Å². The van der Waals surface area contributed by atoms with Crippen LogP contribution in [0.25, 0.3) is 11.0 Å². The summed E-state index contributed by atoms with van der Waals surface area (Å²) in [6, 6.07) is 14.8. The van der Waals surface area contributed by atoms with Crippen molar-refractivity contribution >= 4 is 33.4 Å². The predicted molar refractivity (Wildman–Crippen MR) is 104 cm³/mol. The molecule has 134 valence electrons. The normalized spacial score (nSPS) is 10.9. The van der Waals surface area contributed by atoms with Gasteiger partial charge in [-0.25, -0.2) is 4.98 Å². The molecule has 0 aliphatic carbocycles. The Balaban J connectivity index is 1.80. The van der Waals surface area contributed by atoms with Crippen LogP contribution in [0.3, 0.4) is 0 Å². The van der Waals surface area contributed by atoms with Crippen molar-refractivity contribution in [3.8, 4) is 0 Å². The summed E-state index contributed by atoms with van der Waals surface area (Å²) in [4.78, 5) is 30.1. The van der Waals surface area contributed by atoms with Gasteiger partial charge in [-0.3, -0.25) is 19.5 Å². The molecule has 0 aliphatic heterocycles. The molecule has 3 aromatic heterocycles. The minimum absolute atomic E-state index is 0.0410. The molecular weight excluding hydrogens is 362 g/mol. The van der Waals surface area contributed by atoms with Gasteiger partial charge in [0.1, 0.15) is 16.2 Å². The summed E-state index contributed by atoms with van der Waals surface area (Å²) in [6.07, 6.45) is 1.63. The molecule has 0 radical (unpaired) electrons. The van der Waals surface area contributed by atoms with E-state index in [1.54, 1.807) is 25.3 Å². The van der Waals surface area contributed by atoms with Crippen LogP contribution in [0.5, 0.6) is 0 Å². The smallest absolute Gasteiger partial charge is 0.265 e. The predicted octanol–water partition coefficient (Wildman–Crippen LogP) is 2.86. The van der Waals surface area contributed by atoms with Gasteiger partial charge < -0.3 is 0 Å². The van der Waals surface area contributed by atoms with Crippen molar-refractivity contribution in [2.75, 3.05) is 5.32 Å². The number of amides is 1. The third kappa shape index (κ3) is 3.47. The molecular formula is C19H15N5O2S. The number of benzene rings is 1. The Bertz CT molecular complexity index is 1180. The molecule has 0 saturated heterocycles. The lowest BCUT2D eigenvalue weighted by Gasteiger charge is -2.12. The third-order valence-electron chi connectivity index (χ3n) is 4.02. The molecule has 0 spiro atoms. The summed E-state index contributed by atoms with van der Waals surface area (Å²) in [7, 11) is 0. The molecule has 7 nitrogen and oxygen atoms in total. The highest BCUT2D eigenvalue weighted by molar-refractivity contribution is 7.15. The Kier molecular flexibility index (Phi) is 4.47. The van der Waals surface area contributed by atoms with Crippen molar-refractivity contribution in [2.24, 2.45) is 0 Å². The van der Waals surface area contributed by atoms with Gasteiger partial charge in [0.25, 0.3) is 11.5 Å². The Morgan fingerprint density at radius 1 is 1.15 bits per heavy atom. The van der Waals surface area contributed by atoms with Crippen LogP contribution in [0.15, 0.2) is 59.5 Å². The second kappa shape index (κ2) is 7.08. The number of nitrogens with one attached hydrogen (secondary N) is 1. The molecule has 0 fully saturated rings. The Morgan fingerprint density at radius 3 is 2.70 bits per heavy atom. The number of fused-ring (bicyclic) bond motifs is 1. The first-order chi connectivity index (χ1) is 13.1. The highest BCUT2D eigenvalue weighted by Gasteiger charge is 2.18. The fraction of sp³-hybridized carbons (Fsp3) is 0.105. The first-order valence-corrected chi connectivity index (χ1v) is 9.07. The van der Waals surface area contributed by atoms with E-state index in [1.807, 2.05) is 36.4 Å². The van der Waals surface area contributed by atoms with E-state index in [4.69, 9.17) is 0 Å². The van der Waals surface area contributed by atoms with Crippen LogP contribution in [-0.4, -0.2) is 25.7 Å². The largest absolute Gasteiger partial charge is 0.296 e. The van der Waals surface area contributed by atoms with Crippen molar-refractivity contribution < 1.29 is 4.79 Å². The van der Waals surface area contributed by atoms with Crippen molar-refractivity contribution in [3.05, 3.63) is 81.2 Å². The second-order valence-corrected chi connectivity index (χ2v) is 7.11. The molecule has 1 aromatic carbocycles. The molecule has 3 heterocycles. The fourth-order valence-corrected chi connectivity index (χ4v) is 3.38. The van der Waals surface area contributed by atoms with Gasteiger partial charge in [0, 0.05) is 11.6 Å². The van der Waals surface area contributed by atoms with Gasteiger partial charge in [-0.05, 0) is 30.7 Å². The van der Waals surface area contributed by atoms with E-state index in [9.17, 15) is 9.59 Å². The summed E-state index contributed by atoms with van der Waals surface area (Å²) < 4.78 is 1.52. The Hall–Kier alpha value is -3.39. The summed E-state index contributed by atoms with van der Waals surface area (Å²) in [5.74, 6) is -0.510. The van der Waals surface area contributed by atoms with E-state index in [2.05, 4.69) is 20.5 Å². The van der Waals surface area contributed by atoms with Gasteiger partial charge in [-0.2, -0.15) is 0 Å². The number of hydrogen-bond donors (Lipinski definition) is 1.